The molecular formula is C16H26N2O3. The van der Waals surface area contributed by atoms with Gasteiger partial charge >= 0.3 is 0 Å². The molecule has 21 heavy (non-hydrogen) atoms. The topological polar surface area (TPSA) is 73.6 Å². The number of rotatable bonds is 8. The number of nitrogens with two attached hydrogens (primary N) is 1. The van der Waals surface area contributed by atoms with Gasteiger partial charge in [0.05, 0.1) is 0 Å². The second kappa shape index (κ2) is 8.64. The number of methoxy groups -OCH3 is 1. The van der Waals surface area contributed by atoms with E-state index in [1.165, 1.54) is 0 Å². The smallest absolute Gasteiger partial charge is 0.260 e. The van der Waals surface area contributed by atoms with Gasteiger partial charge in [-0.1, -0.05) is 17.7 Å². The maximum Gasteiger partial charge on any atom is 0.260 e. The van der Waals surface area contributed by atoms with Crippen molar-refractivity contribution >= 4 is 5.91 Å². The van der Waals surface area contributed by atoms with Crippen molar-refractivity contribution in [3.05, 3.63) is 29.3 Å². The fraction of sp³-hybridized carbons (Fsp3) is 0.562. The SMILES string of the molecule is COCCCNC(=O)C(C)Oc1ccc(C)cc1[C@H](C)N. The lowest BCUT2D eigenvalue weighted by molar-refractivity contribution is -0.127. The summed E-state index contributed by atoms with van der Waals surface area (Å²) in [5.74, 6) is 0.525. The first-order valence-electron chi connectivity index (χ1n) is 7.25. The lowest BCUT2D eigenvalue weighted by Gasteiger charge is -2.19. The van der Waals surface area contributed by atoms with Crippen LogP contribution in [0.15, 0.2) is 18.2 Å². The van der Waals surface area contributed by atoms with Crippen LogP contribution in [0.4, 0.5) is 0 Å². The molecule has 1 rings (SSSR count). The summed E-state index contributed by atoms with van der Waals surface area (Å²) in [5, 5.41) is 2.82. The standard InChI is InChI=1S/C16H26N2O3/c1-11-6-7-15(14(10-11)12(2)17)21-13(3)16(19)18-8-5-9-20-4/h6-7,10,12-13H,5,8-9,17H2,1-4H3,(H,18,19)/t12-,13?/m0/s1. The fourth-order valence-corrected chi connectivity index (χ4v) is 1.95. The summed E-state index contributed by atoms with van der Waals surface area (Å²) < 4.78 is 10.7. The van der Waals surface area contributed by atoms with E-state index in [9.17, 15) is 4.79 Å². The van der Waals surface area contributed by atoms with E-state index in [0.29, 0.717) is 18.9 Å². The molecule has 0 aliphatic heterocycles. The van der Waals surface area contributed by atoms with Crippen LogP contribution in [-0.4, -0.2) is 32.3 Å². The first-order valence-corrected chi connectivity index (χ1v) is 7.25. The molecule has 1 aromatic rings. The number of carbonyl (C=O) groups is 1. The number of aryl methyl sites for hydroxylation is 1. The van der Waals surface area contributed by atoms with Crippen molar-refractivity contribution in [3.8, 4) is 5.75 Å². The van der Waals surface area contributed by atoms with Crippen molar-refractivity contribution in [1.29, 1.82) is 0 Å². The van der Waals surface area contributed by atoms with Crippen LogP contribution in [0.25, 0.3) is 0 Å². The van der Waals surface area contributed by atoms with Crippen molar-refractivity contribution in [3.63, 3.8) is 0 Å². The van der Waals surface area contributed by atoms with Crippen LogP contribution in [0.3, 0.4) is 0 Å². The van der Waals surface area contributed by atoms with E-state index in [2.05, 4.69) is 5.32 Å². The van der Waals surface area contributed by atoms with E-state index in [1.807, 2.05) is 32.0 Å². The molecule has 3 N–H and O–H groups in total. The molecule has 0 bridgehead atoms. The average Bonchev–Trinajstić information content (AvgIpc) is 2.44. The molecule has 1 unspecified atom stereocenters. The minimum Gasteiger partial charge on any atom is -0.481 e. The predicted octanol–water partition coefficient (Wildman–Crippen LogP) is 1.93. The second-order valence-corrected chi connectivity index (χ2v) is 5.23. The first-order chi connectivity index (χ1) is 9.95. The number of benzene rings is 1. The van der Waals surface area contributed by atoms with Gasteiger partial charge in [-0.25, -0.2) is 0 Å². The third-order valence-electron chi connectivity index (χ3n) is 3.15. The molecule has 0 aliphatic rings. The molecule has 0 heterocycles. The zero-order valence-electron chi connectivity index (χ0n) is 13.3. The summed E-state index contributed by atoms with van der Waals surface area (Å²) in [6, 6.07) is 5.66. The van der Waals surface area contributed by atoms with Crippen LogP contribution in [0.5, 0.6) is 5.75 Å². The van der Waals surface area contributed by atoms with Crippen LogP contribution >= 0.6 is 0 Å². The number of hydrogen-bond donors (Lipinski definition) is 2. The Balaban J connectivity index is 2.61. The molecule has 5 nitrogen and oxygen atoms in total. The Hall–Kier alpha value is -1.59. The summed E-state index contributed by atoms with van der Waals surface area (Å²) in [5.41, 5.74) is 7.98. The average molecular weight is 294 g/mol. The number of carbonyl (C=O) groups excluding carboxylic acids is 1. The number of ether oxygens (including phenoxy) is 2. The Morgan fingerprint density at radius 1 is 1.38 bits per heavy atom. The quantitative estimate of drug-likeness (QED) is 0.719. The molecule has 0 radical (unpaired) electrons. The maximum absolute atomic E-state index is 12.0. The van der Waals surface area contributed by atoms with Gasteiger partial charge in [-0.3, -0.25) is 4.79 Å². The zero-order chi connectivity index (χ0) is 15.8. The van der Waals surface area contributed by atoms with E-state index < -0.39 is 6.10 Å². The molecule has 0 aromatic heterocycles. The summed E-state index contributed by atoms with van der Waals surface area (Å²) >= 11 is 0. The van der Waals surface area contributed by atoms with Gasteiger partial charge in [0, 0.05) is 31.9 Å². The molecule has 1 aromatic carbocycles. The Morgan fingerprint density at radius 3 is 2.71 bits per heavy atom. The highest BCUT2D eigenvalue weighted by Crippen LogP contribution is 2.25. The summed E-state index contributed by atoms with van der Waals surface area (Å²) in [6.45, 7) is 6.84. The number of amides is 1. The highest BCUT2D eigenvalue weighted by Gasteiger charge is 2.17. The lowest BCUT2D eigenvalue weighted by atomic mass is 10.1. The normalized spacial score (nSPS) is 13.6. The fourth-order valence-electron chi connectivity index (χ4n) is 1.95. The van der Waals surface area contributed by atoms with E-state index in [4.69, 9.17) is 15.2 Å². The maximum atomic E-state index is 12.0. The Bertz CT molecular complexity index is 461. The van der Waals surface area contributed by atoms with E-state index in [0.717, 1.165) is 17.5 Å². The Labute approximate surface area is 126 Å². The highest BCUT2D eigenvalue weighted by atomic mass is 16.5. The molecule has 1 amide bonds. The third-order valence-corrected chi connectivity index (χ3v) is 3.15. The molecule has 0 aliphatic carbocycles. The molecule has 118 valence electrons. The molecule has 0 saturated carbocycles. The van der Waals surface area contributed by atoms with Gasteiger partial charge in [-0.2, -0.15) is 0 Å². The van der Waals surface area contributed by atoms with E-state index in [1.54, 1.807) is 14.0 Å². The lowest BCUT2D eigenvalue weighted by Crippen LogP contribution is -2.37. The van der Waals surface area contributed by atoms with Crippen molar-refractivity contribution < 1.29 is 14.3 Å². The highest BCUT2D eigenvalue weighted by molar-refractivity contribution is 5.80. The first kappa shape index (κ1) is 17.5. The van der Waals surface area contributed by atoms with Gasteiger partial charge in [0.1, 0.15) is 5.75 Å². The van der Waals surface area contributed by atoms with Crippen molar-refractivity contribution in [2.75, 3.05) is 20.3 Å². The monoisotopic (exact) mass is 294 g/mol. The molecule has 2 atom stereocenters. The van der Waals surface area contributed by atoms with Crippen LogP contribution < -0.4 is 15.8 Å². The molecular weight excluding hydrogens is 268 g/mol. The van der Waals surface area contributed by atoms with Crippen molar-refractivity contribution in [2.24, 2.45) is 5.73 Å². The molecule has 0 spiro atoms. The summed E-state index contributed by atoms with van der Waals surface area (Å²) in [7, 11) is 1.64. The minimum atomic E-state index is -0.562. The van der Waals surface area contributed by atoms with Gasteiger partial charge < -0.3 is 20.5 Å². The van der Waals surface area contributed by atoms with Crippen LogP contribution in [0.2, 0.25) is 0 Å². The number of hydrogen-bond acceptors (Lipinski definition) is 4. The predicted molar refractivity (Wildman–Crippen MR) is 83.4 cm³/mol. The Kier molecular flexibility index (Phi) is 7.19. The second-order valence-electron chi connectivity index (χ2n) is 5.23. The molecule has 5 heteroatoms. The van der Waals surface area contributed by atoms with E-state index in [-0.39, 0.29) is 11.9 Å². The van der Waals surface area contributed by atoms with Crippen LogP contribution in [0, 0.1) is 6.92 Å². The van der Waals surface area contributed by atoms with Crippen LogP contribution in [0.1, 0.15) is 37.4 Å². The summed E-state index contributed by atoms with van der Waals surface area (Å²) in [4.78, 5) is 12.0. The number of nitrogens with one attached hydrogen (secondary N) is 1. The van der Waals surface area contributed by atoms with Gasteiger partial charge in [-0.05, 0) is 33.3 Å². The van der Waals surface area contributed by atoms with Gasteiger partial charge in [0.15, 0.2) is 6.10 Å². The van der Waals surface area contributed by atoms with Crippen molar-refractivity contribution in [1.82, 2.24) is 5.32 Å². The van der Waals surface area contributed by atoms with Crippen molar-refractivity contribution in [2.45, 2.75) is 39.3 Å². The minimum absolute atomic E-state index is 0.137. The van der Waals surface area contributed by atoms with E-state index >= 15 is 0 Å². The van der Waals surface area contributed by atoms with Crippen LogP contribution in [-0.2, 0) is 9.53 Å². The summed E-state index contributed by atoms with van der Waals surface area (Å²) in [6.07, 6.45) is 0.220. The van der Waals surface area contributed by atoms with Gasteiger partial charge in [0.25, 0.3) is 5.91 Å². The van der Waals surface area contributed by atoms with Gasteiger partial charge in [-0.15, -0.1) is 0 Å². The third kappa shape index (κ3) is 5.73. The Morgan fingerprint density at radius 2 is 2.10 bits per heavy atom. The van der Waals surface area contributed by atoms with Gasteiger partial charge in [0.2, 0.25) is 0 Å². The largest absolute Gasteiger partial charge is 0.481 e. The zero-order valence-corrected chi connectivity index (χ0v) is 13.3. The molecule has 0 saturated heterocycles. The molecule has 0 fully saturated rings.